The van der Waals surface area contributed by atoms with Crippen LogP contribution >= 0.6 is 0 Å². The zero-order valence-electron chi connectivity index (χ0n) is 13.6. The van der Waals surface area contributed by atoms with Crippen LogP contribution in [0.5, 0.6) is 0 Å². The van der Waals surface area contributed by atoms with Crippen LogP contribution in [0.25, 0.3) is 0 Å². The number of carboxylic acid groups (broad SMARTS) is 1. The van der Waals surface area contributed by atoms with Gasteiger partial charge in [-0.15, -0.1) is 0 Å². The molecule has 6 nitrogen and oxygen atoms in total. The molecule has 2 amide bonds. The first kappa shape index (κ1) is 16.9. The summed E-state index contributed by atoms with van der Waals surface area (Å²) in [4.78, 5) is 24.7. The Morgan fingerprint density at radius 3 is 2.48 bits per heavy atom. The van der Waals surface area contributed by atoms with Crippen LogP contribution in [0.2, 0.25) is 0 Å². The highest BCUT2D eigenvalue weighted by molar-refractivity contribution is 5.78. The molecule has 25 heavy (non-hydrogen) atoms. The summed E-state index contributed by atoms with van der Waals surface area (Å²) in [5.74, 6) is -4.91. The van der Waals surface area contributed by atoms with Crippen molar-refractivity contribution in [3.05, 3.63) is 0 Å². The van der Waals surface area contributed by atoms with E-state index in [1.807, 2.05) is 0 Å². The molecule has 4 rings (SSSR count). The van der Waals surface area contributed by atoms with Crippen molar-refractivity contribution in [2.45, 2.75) is 44.0 Å². The second-order valence-corrected chi connectivity index (χ2v) is 7.76. The van der Waals surface area contributed by atoms with Crippen molar-refractivity contribution in [1.82, 2.24) is 10.2 Å². The fourth-order valence-electron chi connectivity index (χ4n) is 5.23. The lowest BCUT2D eigenvalue weighted by atomic mass is 9.46. The Morgan fingerprint density at radius 2 is 1.96 bits per heavy atom. The third-order valence-electron chi connectivity index (χ3n) is 6.66. The number of ether oxygens (including phenoxy) is 1. The minimum Gasteiger partial charge on any atom is -0.481 e. The highest BCUT2D eigenvalue weighted by atomic mass is 19.4. The summed E-state index contributed by atoms with van der Waals surface area (Å²) in [6.45, 7) is -0.351. The summed E-state index contributed by atoms with van der Waals surface area (Å²) in [5, 5.41) is 12.0. The summed E-state index contributed by atoms with van der Waals surface area (Å²) < 4.78 is 45.0. The van der Waals surface area contributed by atoms with Crippen LogP contribution in [0, 0.1) is 23.2 Å². The number of urea groups is 1. The Kier molecular flexibility index (Phi) is 3.72. The van der Waals surface area contributed by atoms with Crippen LogP contribution in [-0.2, 0) is 9.53 Å². The highest BCUT2D eigenvalue weighted by Gasteiger charge is 2.67. The zero-order valence-corrected chi connectivity index (χ0v) is 13.6. The number of carbonyl (C=O) groups excluding carboxylic acids is 1. The van der Waals surface area contributed by atoms with E-state index in [-0.39, 0.29) is 23.5 Å². The number of amides is 2. The van der Waals surface area contributed by atoms with Crippen molar-refractivity contribution in [3.63, 3.8) is 0 Å². The summed E-state index contributed by atoms with van der Waals surface area (Å²) in [7, 11) is 0. The number of alkyl halides is 3. The van der Waals surface area contributed by atoms with E-state index in [9.17, 15) is 22.8 Å². The highest BCUT2D eigenvalue weighted by Crippen LogP contribution is 2.62. The molecular formula is C16H21F3N2O4. The fraction of sp³-hybridized carbons (Fsp3) is 0.875. The lowest BCUT2D eigenvalue weighted by molar-refractivity contribution is -0.188. The van der Waals surface area contributed by atoms with Gasteiger partial charge in [-0.1, -0.05) is 6.42 Å². The number of hydrogen-bond donors (Lipinski definition) is 2. The van der Waals surface area contributed by atoms with E-state index in [0.717, 1.165) is 30.6 Å². The molecule has 0 bridgehead atoms. The molecule has 4 fully saturated rings. The first-order valence-corrected chi connectivity index (χ1v) is 8.70. The van der Waals surface area contributed by atoms with Gasteiger partial charge >= 0.3 is 18.2 Å². The Balaban J connectivity index is 1.44. The van der Waals surface area contributed by atoms with Crippen molar-refractivity contribution in [3.8, 4) is 0 Å². The number of hydrogen-bond acceptors (Lipinski definition) is 3. The molecule has 2 aliphatic heterocycles. The van der Waals surface area contributed by atoms with Gasteiger partial charge in [0.05, 0.1) is 17.9 Å². The number of nitrogens with zero attached hydrogens (tertiary/aromatic N) is 1. The maximum atomic E-state index is 13.1. The average molecular weight is 362 g/mol. The fourth-order valence-corrected chi connectivity index (χ4v) is 5.23. The predicted molar refractivity (Wildman–Crippen MR) is 78.7 cm³/mol. The molecule has 2 aliphatic carbocycles. The van der Waals surface area contributed by atoms with Gasteiger partial charge in [0.25, 0.3) is 0 Å². The first-order valence-electron chi connectivity index (χ1n) is 8.70. The molecule has 0 radical (unpaired) electrons. The van der Waals surface area contributed by atoms with Gasteiger partial charge in [-0.25, -0.2) is 4.79 Å². The van der Waals surface area contributed by atoms with Gasteiger partial charge < -0.3 is 20.1 Å². The number of likely N-dealkylation sites (tertiary alicyclic amines) is 1. The molecule has 4 aliphatic rings. The minimum atomic E-state index is -4.63. The van der Waals surface area contributed by atoms with Crippen molar-refractivity contribution >= 4 is 12.0 Å². The van der Waals surface area contributed by atoms with Gasteiger partial charge in [-0.2, -0.15) is 13.2 Å². The van der Waals surface area contributed by atoms with Gasteiger partial charge in [-0.05, 0) is 19.3 Å². The van der Waals surface area contributed by atoms with Crippen molar-refractivity contribution in [2.75, 3.05) is 19.7 Å². The number of aliphatic carboxylic acids is 1. The van der Waals surface area contributed by atoms with Gasteiger partial charge in [0.2, 0.25) is 0 Å². The Hall–Kier alpha value is -1.51. The van der Waals surface area contributed by atoms with E-state index < -0.39 is 43.1 Å². The molecule has 2 N–H and O–H groups in total. The lowest BCUT2D eigenvalue weighted by Crippen LogP contribution is -2.72. The Bertz CT molecular complexity index is 592. The molecule has 0 aromatic carbocycles. The zero-order chi connectivity index (χ0) is 18.0. The molecule has 1 spiro atoms. The van der Waals surface area contributed by atoms with Crippen LogP contribution in [0.1, 0.15) is 25.7 Å². The van der Waals surface area contributed by atoms with Gasteiger partial charge in [0, 0.05) is 37.1 Å². The topological polar surface area (TPSA) is 78.9 Å². The molecule has 140 valence electrons. The molecule has 2 heterocycles. The number of nitrogens with one attached hydrogen (secondary N) is 1. The third-order valence-corrected chi connectivity index (χ3v) is 6.66. The first-order chi connectivity index (χ1) is 11.7. The van der Waals surface area contributed by atoms with Crippen LogP contribution in [0.15, 0.2) is 0 Å². The predicted octanol–water partition coefficient (Wildman–Crippen LogP) is 1.85. The SMILES string of the molecule is O=C(O)[C@@H]1CN(C(=O)NC2C3CCOC3C23CCC3)C[C@H]1C(F)(F)F. The van der Waals surface area contributed by atoms with E-state index in [0.29, 0.717) is 6.61 Å². The van der Waals surface area contributed by atoms with Crippen LogP contribution in [0.3, 0.4) is 0 Å². The van der Waals surface area contributed by atoms with E-state index in [1.165, 1.54) is 0 Å². The van der Waals surface area contributed by atoms with Crippen LogP contribution < -0.4 is 5.32 Å². The maximum absolute atomic E-state index is 13.1. The molecule has 0 aromatic heterocycles. The van der Waals surface area contributed by atoms with Gasteiger partial charge in [0.15, 0.2) is 0 Å². The number of carboxylic acids is 1. The summed E-state index contributed by atoms with van der Waals surface area (Å²) in [6, 6.07) is -0.658. The number of fused-ring (bicyclic) bond motifs is 2. The van der Waals surface area contributed by atoms with Gasteiger partial charge in [-0.3, -0.25) is 4.79 Å². The Morgan fingerprint density at radius 1 is 1.24 bits per heavy atom. The summed E-state index contributed by atoms with van der Waals surface area (Å²) in [5.41, 5.74) is -0.0633. The van der Waals surface area contributed by atoms with Gasteiger partial charge in [0.1, 0.15) is 0 Å². The maximum Gasteiger partial charge on any atom is 0.394 e. The molecule has 2 saturated carbocycles. The normalized spacial score (nSPS) is 38.8. The van der Waals surface area contributed by atoms with E-state index in [1.54, 1.807) is 0 Å². The summed E-state index contributed by atoms with van der Waals surface area (Å²) >= 11 is 0. The monoisotopic (exact) mass is 362 g/mol. The number of halogens is 3. The average Bonchev–Trinajstić information content (AvgIpc) is 3.07. The largest absolute Gasteiger partial charge is 0.481 e. The number of carbonyl (C=O) groups is 2. The second kappa shape index (κ2) is 5.49. The second-order valence-electron chi connectivity index (χ2n) is 7.76. The quantitative estimate of drug-likeness (QED) is 0.786. The van der Waals surface area contributed by atoms with Crippen molar-refractivity contribution in [1.29, 1.82) is 0 Å². The van der Waals surface area contributed by atoms with Crippen molar-refractivity contribution < 1.29 is 32.6 Å². The molecule has 9 heteroatoms. The van der Waals surface area contributed by atoms with Crippen molar-refractivity contribution in [2.24, 2.45) is 23.2 Å². The van der Waals surface area contributed by atoms with E-state index >= 15 is 0 Å². The van der Waals surface area contributed by atoms with Crippen LogP contribution in [-0.4, -0.2) is 60.0 Å². The molecule has 2 saturated heterocycles. The molecular weight excluding hydrogens is 341 g/mol. The Labute approximate surface area is 142 Å². The summed E-state index contributed by atoms with van der Waals surface area (Å²) in [6.07, 6.45) is -0.641. The smallest absolute Gasteiger partial charge is 0.394 e. The van der Waals surface area contributed by atoms with Crippen LogP contribution in [0.4, 0.5) is 18.0 Å². The minimum absolute atomic E-state index is 0.0633. The standard InChI is InChI=1S/C16H21F3N2O4/c17-16(18,19)10-7-21(6-9(10)13(22)23)14(24)20-11-8-2-5-25-12(8)15(11)3-1-4-15/h8-12H,1-7H2,(H,20,24)(H,22,23)/t8?,9-,10-,11?,12?/m1/s1. The van der Waals surface area contributed by atoms with E-state index in [4.69, 9.17) is 9.84 Å². The molecule has 0 aromatic rings. The molecule has 3 unspecified atom stereocenters. The van der Waals surface area contributed by atoms with E-state index in [2.05, 4.69) is 5.32 Å². The lowest BCUT2D eigenvalue weighted by Gasteiger charge is -2.63. The third kappa shape index (κ3) is 2.42. The number of rotatable bonds is 2. The molecule has 5 atom stereocenters.